The summed E-state index contributed by atoms with van der Waals surface area (Å²) in [6.07, 6.45) is 5.58. The Morgan fingerprint density at radius 3 is 2.91 bits per heavy atom. The first kappa shape index (κ1) is 9.30. The quantitative estimate of drug-likeness (QED) is 0.656. The summed E-state index contributed by atoms with van der Waals surface area (Å²) in [7, 11) is 0. The molecule has 2 nitrogen and oxygen atoms in total. The van der Waals surface area contributed by atoms with E-state index in [9.17, 15) is 0 Å². The maximum atomic E-state index is 5.73. The molecule has 0 radical (unpaired) electrons. The van der Waals surface area contributed by atoms with E-state index < -0.39 is 0 Å². The van der Waals surface area contributed by atoms with Crippen LogP contribution in [0, 0.1) is 5.41 Å². The van der Waals surface area contributed by atoms with Gasteiger partial charge in [0.15, 0.2) is 0 Å². The fraction of sp³-hybridized carbons (Fsp3) is 1.00. The molecule has 0 aromatic carbocycles. The van der Waals surface area contributed by atoms with Crippen LogP contribution in [0.15, 0.2) is 0 Å². The van der Waals surface area contributed by atoms with Crippen molar-refractivity contribution in [2.45, 2.75) is 31.8 Å². The molecular formula is C8H16ClNO. The van der Waals surface area contributed by atoms with Gasteiger partial charge in [-0.05, 0) is 19.3 Å². The van der Waals surface area contributed by atoms with Gasteiger partial charge in [0.1, 0.15) is 0 Å². The van der Waals surface area contributed by atoms with Crippen LogP contribution in [-0.2, 0) is 4.74 Å². The second kappa shape index (κ2) is 3.30. The summed E-state index contributed by atoms with van der Waals surface area (Å²) in [5, 5.41) is 0. The van der Waals surface area contributed by atoms with Crippen LogP contribution < -0.4 is 5.73 Å². The molecule has 0 amide bonds. The van der Waals surface area contributed by atoms with Gasteiger partial charge in [0.25, 0.3) is 0 Å². The minimum absolute atomic E-state index is 0. The van der Waals surface area contributed by atoms with Gasteiger partial charge in [0.2, 0.25) is 0 Å². The molecule has 2 aliphatic rings. The zero-order valence-electron chi connectivity index (χ0n) is 6.71. The Morgan fingerprint density at radius 2 is 2.27 bits per heavy atom. The molecule has 1 saturated carbocycles. The van der Waals surface area contributed by atoms with Gasteiger partial charge in [-0.15, -0.1) is 12.4 Å². The standard InChI is InChI=1S/C8H15NO.ClH/c9-6-8-3-1-2-7(8)10-5-4-8;/h7H,1-6,9H2;1H. The molecule has 1 heterocycles. The van der Waals surface area contributed by atoms with Gasteiger partial charge in [-0.2, -0.15) is 0 Å². The zero-order valence-corrected chi connectivity index (χ0v) is 7.53. The van der Waals surface area contributed by atoms with Crippen LogP contribution in [0.4, 0.5) is 0 Å². The van der Waals surface area contributed by atoms with E-state index in [2.05, 4.69) is 0 Å². The molecule has 2 N–H and O–H groups in total. The summed E-state index contributed by atoms with van der Waals surface area (Å²) in [6, 6.07) is 0. The van der Waals surface area contributed by atoms with Crippen molar-refractivity contribution >= 4 is 12.4 Å². The smallest absolute Gasteiger partial charge is 0.0644 e. The molecule has 1 aliphatic heterocycles. The second-order valence-corrected chi connectivity index (χ2v) is 3.57. The molecule has 2 fully saturated rings. The second-order valence-electron chi connectivity index (χ2n) is 3.57. The van der Waals surface area contributed by atoms with E-state index in [4.69, 9.17) is 10.5 Å². The van der Waals surface area contributed by atoms with E-state index in [-0.39, 0.29) is 12.4 Å². The molecular weight excluding hydrogens is 162 g/mol. The zero-order chi connectivity index (χ0) is 7.03. The van der Waals surface area contributed by atoms with E-state index in [1.165, 1.54) is 25.7 Å². The molecule has 0 aromatic rings. The molecule has 3 heteroatoms. The molecule has 66 valence electrons. The van der Waals surface area contributed by atoms with Crippen LogP contribution in [0.2, 0.25) is 0 Å². The Labute approximate surface area is 73.9 Å². The molecule has 2 rings (SSSR count). The van der Waals surface area contributed by atoms with Crippen LogP contribution in [0.25, 0.3) is 0 Å². The first-order valence-electron chi connectivity index (χ1n) is 4.19. The van der Waals surface area contributed by atoms with Gasteiger partial charge in [-0.1, -0.05) is 6.42 Å². The lowest BCUT2D eigenvalue weighted by Crippen LogP contribution is -2.33. The predicted octanol–water partition coefficient (Wildman–Crippen LogP) is 1.33. The van der Waals surface area contributed by atoms with Crippen LogP contribution in [-0.4, -0.2) is 19.3 Å². The number of ether oxygens (including phenoxy) is 1. The third-order valence-corrected chi connectivity index (χ3v) is 3.15. The van der Waals surface area contributed by atoms with Gasteiger partial charge >= 0.3 is 0 Å². The number of nitrogens with two attached hydrogens (primary N) is 1. The third-order valence-electron chi connectivity index (χ3n) is 3.15. The first-order chi connectivity index (χ1) is 4.87. The lowest BCUT2D eigenvalue weighted by Gasteiger charge is -2.24. The monoisotopic (exact) mass is 177 g/mol. The molecule has 1 aliphatic carbocycles. The van der Waals surface area contributed by atoms with Crippen LogP contribution >= 0.6 is 12.4 Å². The topological polar surface area (TPSA) is 35.2 Å². The van der Waals surface area contributed by atoms with Crippen molar-refractivity contribution in [2.75, 3.05) is 13.2 Å². The minimum atomic E-state index is 0. The first-order valence-corrected chi connectivity index (χ1v) is 4.19. The molecule has 2 atom stereocenters. The Bertz CT molecular complexity index is 130. The lowest BCUT2D eigenvalue weighted by molar-refractivity contribution is 0.0735. The Balaban J connectivity index is 0.000000605. The number of hydrogen-bond donors (Lipinski definition) is 1. The summed E-state index contributed by atoms with van der Waals surface area (Å²) in [6.45, 7) is 1.78. The van der Waals surface area contributed by atoms with Gasteiger partial charge in [0.05, 0.1) is 6.10 Å². The van der Waals surface area contributed by atoms with E-state index in [1.807, 2.05) is 0 Å². The molecule has 0 bridgehead atoms. The SMILES string of the molecule is Cl.NCC12CCCC1OCC2. The van der Waals surface area contributed by atoms with E-state index >= 15 is 0 Å². The van der Waals surface area contributed by atoms with Gasteiger partial charge in [-0.3, -0.25) is 0 Å². The third kappa shape index (κ3) is 1.28. The van der Waals surface area contributed by atoms with Crippen molar-refractivity contribution in [1.29, 1.82) is 0 Å². The fourth-order valence-corrected chi connectivity index (χ4v) is 2.39. The molecule has 2 unspecified atom stereocenters. The van der Waals surface area contributed by atoms with Gasteiger partial charge in [-0.25, -0.2) is 0 Å². The highest BCUT2D eigenvalue weighted by molar-refractivity contribution is 5.85. The summed E-state index contributed by atoms with van der Waals surface area (Å²) in [5.74, 6) is 0. The van der Waals surface area contributed by atoms with Crippen molar-refractivity contribution in [3.63, 3.8) is 0 Å². The van der Waals surface area contributed by atoms with E-state index in [0.29, 0.717) is 11.5 Å². The normalized spacial score (nSPS) is 41.7. The van der Waals surface area contributed by atoms with E-state index in [0.717, 1.165) is 13.2 Å². The summed E-state index contributed by atoms with van der Waals surface area (Å²) in [5.41, 5.74) is 6.13. The van der Waals surface area contributed by atoms with Crippen LogP contribution in [0.3, 0.4) is 0 Å². The largest absolute Gasteiger partial charge is 0.378 e. The highest BCUT2D eigenvalue weighted by atomic mass is 35.5. The van der Waals surface area contributed by atoms with Crippen LogP contribution in [0.1, 0.15) is 25.7 Å². The highest BCUT2D eigenvalue weighted by Crippen LogP contribution is 2.46. The Morgan fingerprint density at radius 1 is 1.45 bits per heavy atom. The average molecular weight is 178 g/mol. The minimum Gasteiger partial charge on any atom is -0.378 e. The Kier molecular flexibility index (Phi) is 2.79. The highest BCUT2D eigenvalue weighted by Gasteiger charge is 2.46. The summed E-state index contributed by atoms with van der Waals surface area (Å²) >= 11 is 0. The fourth-order valence-electron chi connectivity index (χ4n) is 2.39. The molecule has 0 aromatic heterocycles. The number of fused-ring (bicyclic) bond motifs is 1. The maximum absolute atomic E-state index is 5.73. The summed E-state index contributed by atoms with van der Waals surface area (Å²) in [4.78, 5) is 0. The maximum Gasteiger partial charge on any atom is 0.0644 e. The number of hydrogen-bond acceptors (Lipinski definition) is 2. The van der Waals surface area contributed by atoms with Gasteiger partial charge < -0.3 is 10.5 Å². The van der Waals surface area contributed by atoms with Crippen molar-refractivity contribution in [3.05, 3.63) is 0 Å². The average Bonchev–Trinajstić information content (AvgIpc) is 2.42. The van der Waals surface area contributed by atoms with Crippen molar-refractivity contribution in [1.82, 2.24) is 0 Å². The van der Waals surface area contributed by atoms with Crippen molar-refractivity contribution in [3.8, 4) is 0 Å². The van der Waals surface area contributed by atoms with Crippen molar-refractivity contribution < 1.29 is 4.74 Å². The number of halogens is 1. The summed E-state index contributed by atoms with van der Waals surface area (Å²) < 4.78 is 5.59. The van der Waals surface area contributed by atoms with Gasteiger partial charge in [0, 0.05) is 18.6 Å². The van der Waals surface area contributed by atoms with Crippen molar-refractivity contribution in [2.24, 2.45) is 11.1 Å². The van der Waals surface area contributed by atoms with E-state index in [1.54, 1.807) is 0 Å². The Hall–Kier alpha value is 0.210. The predicted molar refractivity (Wildman–Crippen MR) is 46.9 cm³/mol. The molecule has 11 heavy (non-hydrogen) atoms. The van der Waals surface area contributed by atoms with Crippen LogP contribution in [0.5, 0.6) is 0 Å². The lowest BCUT2D eigenvalue weighted by atomic mass is 9.83. The molecule has 0 spiro atoms. The number of rotatable bonds is 1. The molecule has 1 saturated heterocycles.